The number of benzene rings is 2. The van der Waals surface area contributed by atoms with Crippen molar-refractivity contribution in [1.82, 2.24) is 4.90 Å². The minimum absolute atomic E-state index is 0.0275. The molecule has 4 nitrogen and oxygen atoms in total. The summed E-state index contributed by atoms with van der Waals surface area (Å²) in [5.74, 6) is -0.0488. The Morgan fingerprint density at radius 2 is 1.50 bits per heavy atom. The van der Waals surface area contributed by atoms with Gasteiger partial charge in [0.25, 0.3) is 5.91 Å². The summed E-state index contributed by atoms with van der Waals surface area (Å²) in [6, 6.07) is 12.9. The molecule has 1 aliphatic heterocycles. The minimum atomic E-state index is -0.0763. The van der Waals surface area contributed by atoms with Gasteiger partial charge in [0, 0.05) is 37.8 Å². The Morgan fingerprint density at radius 1 is 0.833 bits per heavy atom. The second-order valence-corrected chi connectivity index (χ2v) is 8.59. The third-order valence-electron chi connectivity index (χ3n) is 5.54. The van der Waals surface area contributed by atoms with Crippen LogP contribution in [0.15, 0.2) is 42.5 Å². The molecule has 160 valence electrons. The Hall–Kier alpha value is -2.04. The summed E-state index contributed by atoms with van der Waals surface area (Å²) >= 11 is 12.2. The van der Waals surface area contributed by atoms with Crippen molar-refractivity contribution in [2.45, 2.75) is 52.0 Å². The van der Waals surface area contributed by atoms with Gasteiger partial charge >= 0.3 is 0 Å². The summed E-state index contributed by atoms with van der Waals surface area (Å²) in [6.45, 7) is 3.41. The van der Waals surface area contributed by atoms with Gasteiger partial charge in [-0.2, -0.15) is 0 Å². The minimum Gasteiger partial charge on any atom is -0.334 e. The molecule has 3 rings (SSSR count). The zero-order valence-electron chi connectivity index (χ0n) is 17.4. The number of hydrogen-bond acceptors (Lipinski definition) is 2. The number of hydrogen-bond donors (Lipinski definition) is 0. The van der Waals surface area contributed by atoms with Crippen LogP contribution in [-0.2, 0) is 11.3 Å². The van der Waals surface area contributed by atoms with Crippen LogP contribution in [0.4, 0.5) is 5.69 Å². The van der Waals surface area contributed by atoms with Crippen molar-refractivity contribution in [3.8, 4) is 0 Å². The van der Waals surface area contributed by atoms with Crippen LogP contribution < -0.4 is 4.90 Å². The Morgan fingerprint density at radius 3 is 2.20 bits per heavy atom. The molecule has 0 saturated carbocycles. The van der Waals surface area contributed by atoms with E-state index in [2.05, 4.69) is 0 Å². The average molecular weight is 447 g/mol. The van der Waals surface area contributed by atoms with Crippen molar-refractivity contribution >= 4 is 40.7 Å². The highest BCUT2D eigenvalue weighted by molar-refractivity contribution is 6.42. The molecule has 1 heterocycles. The van der Waals surface area contributed by atoms with Gasteiger partial charge in [-0.05, 0) is 42.7 Å². The Balaban J connectivity index is 1.94. The smallest absolute Gasteiger partial charge is 0.254 e. The topological polar surface area (TPSA) is 40.6 Å². The quantitative estimate of drug-likeness (QED) is 0.512. The molecule has 0 fully saturated rings. The van der Waals surface area contributed by atoms with Gasteiger partial charge in [0.2, 0.25) is 5.91 Å². The molecule has 2 aromatic carbocycles. The summed E-state index contributed by atoms with van der Waals surface area (Å²) in [4.78, 5) is 29.4. The van der Waals surface area contributed by atoms with Gasteiger partial charge in [-0.1, -0.05) is 67.1 Å². The van der Waals surface area contributed by atoms with E-state index in [1.807, 2.05) is 34.1 Å². The molecule has 0 radical (unpaired) electrons. The van der Waals surface area contributed by atoms with Crippen LogP contribution in [0, 0.1) is 0 Å². The zero-order chi connectivity index (χ0) is 21.5. The van der Waals surface area contributed by atoms with E-state index >= 15 is 0 Å². The number of anilines is 1. The van der Waals surface area contributed by atoms with Gasteiger partial charge in [-0.3, -0.25) is 9.59 Å². The Bertz CT molecular complexity index is 901. The van der Waals surface area contributed by atoms with Crippen molar-refractivity contribution in [3.05, 3.63) is 63.6 Å². The molecule has 0 N–H and O–H groups in total. The van der Waals surface area contributed by atoms with Crippen molar-refractivity contribution in [2.24, 2.45) is 0 Å². The fraction of sp³-hybridized carbons (Fsp3) is 0.417. The molecule has 2 amide bonds. The van der Waals surface area contributed by atoms with Crippen molar-refractivity contribution in [2.75, 3.05) is 18.0 Å². The summed E-state index contributed by atoms with van der Waals surface area (Å²) < 4.78 is 0. The predicted molar refractivity (Wildman–Crippen MR) is 123 cm³/mol. The van der Waals surface area contributed by atoms with E-state index in [4.69, 9.17) is 23.2 Å². The first kappa shape index (κ1) is 22.6. The summed E-state index contributed by atoms with van der Waals surface area (Å²) in [6.07, 6.45) is 6.42. The third-order valence-corrected chi connectivity index (χ3v) is 6.28. The van der Waals surface area contributed by atoms with Gasteiger partial charge in [0.05, 0.1) is 10.0 Å². The van der Waals surface area contributed by atoms with Gasteiger partial charge < -0.3 is 9.80 Å². The zero-order valence-corrected chi connectivity index (χ0v) is 18.9. The number of rotatable bonds is 1. The average Bonchev–Trinajstić information content (AvgIpc) is 2.75. The highest BCUT2D eigenvalue weighted by atomic mass is 35.5. The van der Waals surface area contributed by atoms with Crippen LogP contribution in [0.5, 0.6) is 0 Å². The first-order valence-corrected chi connectivity index (χ1v) is 11.3. The first-order valence-electron chi connectivity index (χ1n) is 10.6. The van der Waals surface area contributed by atoms with E-state index < -0.39 is 0 Å². The third kappa shape index (κ3) is 5.77. The highest BCUT2D eigenvalue weighted by Crippen LogP contribution is 2.27. The van der Waals surface area contributed by atoms with E-state index in [1.54, 1.807) is 25.1 Å². The predicted octanol–water partition coefficient (Wildman–Crippen LogP) is 6.34. The molecule has 0 bridgehead atoms. The number of halogens is 2. The molecular weight excluding hydrogens is 419 g/mol. The normalized spacial score (nSPS) is 16.1. The Kier molecular flexibility index (Phi) is 8.17. The number of carbonyl (C=O) groups is 2. The summed E-state index contributed by atoms with van der Waals surface area (Å²) in [5, 5.41) is 0.803. The number of fused-ring (bicyclic) bond motifs is 1. The molecule has 1 aliphatic rings. The lowest BCUT2D eigenvalue weighted by Gasteiger charge is -2.28. The van der Waals surface area contributed by atoms with Crippen LogP contribution in [-0.4, -0.2) is 29.8 Å². The lowest BCUT2D eigenvalue weighted by atomic mass is 10.1. The maximum atomic E-state index is 13.3. The number of carbonyl (C=O) groups excluding carboxylic acids is 2. The monoisotopic (exact) mass is 446 g/mol. The molecule has 0 aromatic heterocycles. The second kappa shape index (κ2) is 10.8. The van der Waals surface area contributed by atoms with Gasteiger partial charge in [0.15, 0.2) is 0 Å². The SMILES string of the molecule is CC(=O)N1CCCCCCCCN(C(=O)c2ccc(Cl)c(Cl)c2)Cc2ccccc21. The van der Waals surface area contributed by atoms with E-state index in [0.29, 0.717) is 35.2 Å². The molecular formula is C24H28Cl2N2O2. The fourth-order valence-corrected chi connectivity index (χ4v) is 4.20. The van der Waals surface area contributed by atoms with Crippen LogP contribution in [0.3, 0.4) is 0 Å². The first-order chi connectivity index (χ1) is 14.5. The molecule has 0 spiro atoms. The molecule has 30 heavy (non-hydrogen) atoms. The molecule has 0 aliphatic carbocycles. The number of nitrogens with zero attached hydrogens (tertiary/aromatic N) is 2. The molecule has 0 unspecified atom stereocenters. The summed E-state index contributed by atoms with van der Waals surface area (Å²) in [5.41, 5.74) is 2.38. The highest BCUT2D eigenvalue weighted by Gasteiger charge is 2.21. The van der Waals surface area contributed by atoms with Crippen LogP contribution >= 0.6 is 23.2 Å². The van der Waals surface area contributed by atoms with Crippen molar-refractivity contribution in [3.63, 3.8) is 0 Å². The Labute approximate surface area is 188 Å². The molecule has 0 saturated heterocycles. The summed E-state index contributed by atoms with van der Waals surface area (Å²) in [7, 11) is 0. The van der Waals surface area contributed by atoms with Crippen molar-refractivity contribution in [1.29, 1.82) is 0 Å². The molecule has 2 aromatic rings. The van der Waals surface area contributed by atoms with Crippen LogP contribution in [0.25, 0.3) is 0 Å². The maximum Gasteiger partial charge on any atom is 0.254 e. The standard InChI is InChI=1S/C24H28Cl2N2O2/c1-18(29)28-15-9-5-3-2-4-8-14-27(17-20-10-6-7-11-23(20)28)24(30)19-12-13-21(25)22(26)16-19/h6-7,10-13,16H,2-5,8-9,14-15,17H2,1H3. The van der Waals surface area contributed by atoms with Crippen LogP contribution in [0.2, 0.25) is 10.0 Å². The number of amides is 2. The van der Waals surface area contributed by atoms with E-state index in [9.17, 15) is 9.59 Å². The lowest BCUT2D eigenvalue weighted by Crippen LogP contribution is -2.34. The van der Waals surface area contributed by atoms with E-state index in [-0.39, 0.29) is 11.8 Å². The fourth-order valence-electron chi connectivity index (χ4n) is 3.90. The van der Waals surface area contributed by atoms with E-state index in [0.717, 1.165) is 49.8 Å². The van der Waals surface area contributed by atoms with E-state index in [1.165, 1.54) is 0 Å². The second-order valence-electron chi connectivity index (χ2n) is 7.78. The number of para-hydroxylation sites is 1. The van der Waals surface area contributed by atoms with Gasteiger partial charge in [0.1, 0.15) is 0 Å². The van der Waals surface area contributed by atoms with Gasteiger partial charge in [-0.25, -0.2) is 0 Å². The molecule has 0 atom stereocenters. The largest absolute Gasteiger partial charge is 0.334 e. The van der Waals surface area contributed by atoms with Crippen molar-refractivity contribution < 1.29 is 9.59 Å². The van der Waals surface area contributed by atoms with Crippen LogP contribution in [0.1, 0.15) is 61.4 Å². The lowest BCUT2D eigenvalue weighted by molar-refractivity contribution is -0.116. The maximum absolute atomic E-state index is 13.3. The molecule has 6 heteroatoms. The van der Waals surface area contributed by atoms with Gasteiger partial charge in [-0.15, -0.1) is 0 Å².